The summed E-state index contributed by atoms with van der Waals surface area (Å²) in [5, 5.41) is 10.1. The summed E-state index contributed by atoms with van der Waals surface area (Å²) in [6.07, 6.45) is 0.441. The first-order valence-corrected chi connectivity index (χ1v) is 4.23. The van der Waals surface area contributed by atoms with E-state index in [1.807, 2.05) is 6.92 Å². The molecule has 1 heterocycles. The topological polar surface area (TPSA) is 46.5 Å². The molecule has 68 valence electrons. The molecule has 2 aliphatic rings. The number of hydrogen-bond acceptors (Lipinski definition) is 3. The zero-order chi connectivity index (χ0) is 9.20. The molecule has 0 aromatic carbocycles. The molecule has 1 aliphatic carbocycles. The maximum atomic E-state index is 11.5. The van der Waals surface area contributed by atoms with Crippen LogP contribution in [-0.4, -0.2) is 28.7 Å². The number of carbonyl (C=O) groups is 1. The molecule has 0 unspecified atom stereocenters. The Kier molecular flexibility index (Phi) is 1.20. The van der Waals surface area contributed by atoms with Gasteiger partial charge in [-0.25, -0.2) is 0 Å². The molecule has 1 aliphatic heterocycles. The van der Waals surface area contributed by atoms with Gasteiger partial charge in [0, 0.05) is 11.8 Å². The lowest BCUT2D eigenvalue weighted by Gasteiger charge is -2.32. The first-order valence-electron chi connectivity index (χ1n) is 4.23. The van der Waals surface area contributed by atoms with E-state index in [-0.39, 0.29) is 11.2 Å². The molecule has 1 N–H and O–H groups in total. The average Bonchev–Trinajstić information content (AvgIpc) is 2.18. The van der Waals surface area contributed by atoms with Crippen molar-refractivity contribution in [2.24, 2.45) is 5.41 Å². The van der Waals surface area contributed by atoms with Crippen molar-refractivity contribution in [3.05, 3.63) is 0 Å². The molecule has 12 heavy (non-hydrogen) atoms. The molecule has 1 saturated heterocycles. The minimum absolute atomic E-state index is 0.0289. The highest BCUT2D eigenvalue weighted by Gasteiger charge is 2.71. The molecule has 0 aromatic heterocycles. The summed E-state index contributed by atoms with van der Waals surface area (Å²) in [7, 11) is 0. The monoisotopic (exact) mass is 170 g/mol. The van der Waals surface area contributed by atoms with Crippen LogP contribution in [0.2, 0.25) is 0 Å². The van der Waals surface area contributed by atoms with Gasteiger partial charge >= 0.3 is 0 Å². The first-order chi connectivity index (χ1) is 5.33. The number of rotatable bonds is 0. The smallest absolute Gasteiger partial charge is 0.168 e. The molecule has 3 atom stereocenters. The van der Waals surface area contributed by atoms with Gasteiger partial charge in [-0.05, 0) is 13.8 Å². The van der Waals surface area contributed by atoms with E-state index in [9.17, 15) is 9.90 Å². The minimum Gasteiger partial charge on any atom is -0.386 e. The third-order valence-electron chi connectivity index (χ3n) is 3.87. The molecule has 3 heteroatoms. The van der Waals surface area contributed by atoms with E-state index in [1.54, 1.807) is 13.8 Å². The highest BCUT2D eigenvalue weighted by atomic mass is 16.5. The van der Waals surface area contributed by atoms with E-state index >= 15 is 0 Å². The van der Waals surface area contributed by atoms with Gasteiger partial charge in [-0.1, -0.05) is 6.92 Å². The molecule has 3 nitrogen and oxygen atoms in total. The predicted octanol–water partition coefficient (Wildman–Crippen LogP) is 0.505. The summed E-state index contributed by atoms with van der Waals surface area (Å²) in [4.78, 5) is 11.5. The van der Waals surface area contributed by atoms with Gasteiger partial charge in [0.2, 0.25) is 0 Å². The van der Waals surface area contributed by atoms with Crippen molar-refractivity contribution in [3.8, 4) is 0 Å². The average molecular weight is 170 g/mol. The van der Waals surface area contributed by atoms with Gasteiger partial charge in [-0.2, -0.15) is 0 Å². The lowest BCUT2D eigenvalue weighted by molar-refractivity contribution is -0.149. The summed E-state index contributed by atoms with van der Waals surface area (Å²) in [6.45, 7) is 5.78. The molecule has 2 bridgehead atoms. The molecule has 1 saturated carbocycles. The van der Waals surface area contributed by atoms with Gasteiger partial charge in [-0.15, -0.1) is 0 Å². The Labute approximate surface area is 71.7 Å². The lowest BCUT2D eigenvalue weighted by atomic mass is 9.76. The Morgan fingerprint density at radius 2 is 2.00 bits per heavy atom. The van der Waals surface area contributed by atoms with E-state index in [0.29, 0.717) is 13.0 Å². The molecule has 0 spiro atoms. The van der Waals surface area contributed by atoms with Crippen LogP contribution in [0.3, 0.4) is 0 Å². The zero-order valence-electron chi connectivity index (χ0n) is 7.68. The van der Waals surface area contributed by atoms with E-state index in [0.717, 1.165) is 0 Å². The molecular formula is C9H14O3. The van der Waals surface area contributed by atoms with Crippen LogP contribution in [-0.2, 0) is 9.53 Å². The van der Waals surface area contributed by atoms with Gasteiger partial charge in [0.05, 0.1) is 6.61 Å². The van der Waals surface area contributed by atoms with Crippen molar-refractivity contribution < 1.29 is 14.6 Å². The largest absolute Gasteiger partial charge is 0.386 e. The van der Waals surface area contributed by atoms with Crippen LogP contribution in [0.4, 0.5) is 0 Å². The number of ether oxygens (including phenoxy) is 1. The second kappa shape index (κ2) is 1.75. The maximum absolute atomic E-state index is 11.5. The molecule has 0 aromatic rings. The van der Waals surface area contributed by atoms with Crippen LogP contribution in [0.25, 0.3) is 0 Å². The van der Waals surface area contributed by atoms with Crippen LogP contribution in [0.15, 0.2) is 0 Å². The summed E-state index contributed by atoms with van der Waals surface area (Å²) in [5.41, 5.74) is -2.34. The highest BCUT2D eigenvalue weighted by molar-refractivity contribution is 5.93. The second-order valence-electron chi connectivity index (χ2n) is 4.55. The third kappa shape index (κ3) is 0.559. The Hall–Kier alpha value is -0.410. The molecule has 2 rings (SSSR count). The highest BCUT2D eigenvalue weighted by Crippen LogP contribution is 2.57. The van der Waals surface area contributed by atoms with Crippen LogP contribution >= 0.6 is 0 Å². The number of Topliss-reactive ketones (excluding diaryl/α,β-unsaturated/α-hetero) is 1. The number of hydrogen-bond donors (Lipinski definition) is 1. The van der Waals surface area contributed by atoms with E-state index in [4.69, 9.17) is 4.74 Å². The summed E-state index contributed by atoms with van der Waals surface area (Å²) < 4.78 is 5.37. The van der Waals surface area contributed by atoms with E-state index in [1.165, 1.54) is 0 Å². The number of aliphatic hydroxyl groups is 1. The van der Waals surface area contributed by atoms with Crippen molar-refractivity contribution in [3.63, 3.8) is 0 Å². The van der Waals surface area contributed by atoms with Gasteiger partial charge in [0.1, 0.15) is 5.60 Å². The first kappa shape index (κ1) is 8.20. The number of fused-ring (bicyclic) bond motifs is 2. The van der Waals surface area contributed by atoms with E-state index < -0.39 is 11.2 Å². The second-order valence-corrected chi connectivity index (χ2v) is 4.55. The van der Waals surface area contributed by atoms with Crippen molar-refractivity contribution in [2.75, 3.05) is 6.61 Å². The molecule has 0 amide bonds. The zero-order valence-corrected chi connectivity index (χ0v) is 7.68. The summed E-state index contributed by atoms with van der Waals surface area (Å²) >= 11 is 0. The number of ketones is 1. The van der Waals surface area contributed by atoms with Crippen LogP contribution < -0.4 is 0 Å². The fourth-order valence-corrected chi connectivity index (χ4v) is 2.26. The lowest BCUT2D eigenvalue weighted by Crippen LogP contribution is -2.50. The Balaban J connectivity index is 2.56. The molecule has 2 fully saturated rings. The minimum atomic E-state index is -1.00. The van der Waals surface area contributed by atoms with Crippen LogP contribution in [0, 0.1) is 5.41 Å². The summed E-state index contributed by atoms with van der Waals surface area (Å²) in [5.74, 6) is 0.0289. The fourth-order valence-electron chi connectivity index (χ4n) is 2.26. The standard InChI is InChI=1S/C9H14O3/c1-7-4-6(10)8(2,12-5-7)9(7,3)11/h11H,4-5H2,1-3H3/t7-,8-,9-/m0/s1. The van der Waals surface area contributed by atoms with E-state index in [2.05, 4.69) is 0 Å². The Morgan fingerprint density at radius 1 is 1.42 bits per heavy atom. The van der Waals surface area contributed by atoms with Crippen molar-refractivity contribution in [1.82, 2.24) is 0 Å². The van der Waals surface area contributed by atoms with Gasteiger partial charge in [0.15, 0.2) is 11.4 Å². The number of carbonyl (C=O) groups excluding carboxylic acids is 1. The van der Waals surface area contributed by atoms with Gasteiger partial charge in [0.25, 0.3) is 0 Å². The predicted molar refractivity (Wildman–Crippen MR) is 42.7 cm³/mol. The quantitative estimate of drug-likeness (QED) is 0.576. The molecular weight excluding hydrogens is 156 g/mol. The summed E-state index contributed by atoms with van der Waals surface area (Å²) in [6, 6.07) is 0. The third-order valence-corrected chi connectivity index (χ3v) is 3.87. The normalized spacial score (nSPS) is 58.2. The molecule has 0 radical (unpaired) electrons. The van der Waals surface area contributed by atoms with Crippen molar-refractivity contribution >= 4 is 5.78 Å². The Bertz CT molecular complexity index is 258. The SMILES string of the molecule is C[C@@]12CO[C@@](C)(C(=O)C1)[C@@]2(C)O. The van der Waals surface area contributed by atoms with Gasteiger partial charge in [-0.3, -0.25) is 4.79 Å². The Morgan fingerprint density at radius 3 is 2.17 bits per heavy atom. The van der Waals surface area contributed by atoms with Crippen LogP contribution in [0.5, 0.6) is 0 Å². The van der Waals surface area contributed by atoms with Gasteiger partial charge < -0.3 is 9.84 Å². The van der Waals surface area contributed by atoms with Crippen molar-refractivity contribution in [1.29, 1.82) is 0 Å². The fraction of sp³-hybridized carbons (Fsp3) is 0.889. The maximum Gasteiger partial charge on any atom is 0.168 e. The van der Waals surface area contributed by atoms with Crippen LogP contribution in [0.1, 0.15) is 27.2 Å². The van der Waals surface area contributed by atoms with Crippen molar-refractivity contribution in [2.45, 2.75) is 38.4 Å².